The average molecular weight is 205 g/mol. The maximum Gasteiger partial charge on any atom is 0.190 e. The van der Waals surface area contributed by atoms with E-state index in [1.54, 1.807) is 6.20 Å². The second-order valence-electron chi connectivity index (χ2n) is 3.56. The summed E-state index contributed by atoms with van der Waals surface area (Å²) in [7, 11) is 0. The number of nitrogens with one attached hydrogen (secondary N) is 1. The van der Waals surface area contributed by atoms with Gasteiger partial charge in [-0.3, -0.25) is 4.79 Å². The van der Waals surface area contributed by atoms with Gasteiger partial charge in [0.05, 0.1) is 0 Å². The first-order valence-electron chi connectivity index (χ1n) is 5.00. The van der Waals surface area contributed by atoms with Crippen LogP contribution in [0.15, 0.2) is 36.0 Å². The minimum atomic E-state index is -0.317. The molecule has 2 nitrogen and oxygen atoms in total. The van der Waals surface area contributed by atoms with E-state index in [4.69, 9.17) is 0 Å². The van der Waals surface area contributed by atoms with Crippen molar-refractivity contribution in [3.63, 3.8) is 0 Å². The van der Waals surface area contributed by atoms with Crippen LogP contribution in [0.5, 0.6) is 0 Å². The van der Waals surface area contributed by atoms with Gasteiger partial charge in [-0.25, -0.2) is 4.39 Å². The van der Waals surface area contributed by atoms with Crippen LogP contribution >= 0.6 is 0 Å². The highest BCUT2D eigenvalue weighted by atomic mass is 19.1. The third kappa shape index (κ3) is 2.24. The molecule has 15 heavy (non-hydrogen) atoms. The number of carbonyl (C=O) groups excluding carboxylic acids is 1. The first-order valence-corrected chi connectivity index (χ1v) is 5.00. The van der Waals surface area contributed by atoms with Crippen molar-refractivity contribution in [3.05, 3.63) is 47.4 Å². The van der Waals surface area contributed by atoms with Crippen LogP contribution in [0.2, 0.25) is 0 Å². The number of rotatable bonds is 2. The molecule has 1 aromatic carbocycles. The van der Waals surface area contributed by atoms with Gasteiger partial charge in [-0.05, 0) is 37.1 Å². The monoisotopic (exact) mass is 205 g/mol. The van der Waals surface area contributed by atoms with Gasteiger partial charge >= 0.3 is 0 Å². The van der Waals surface area contributed by atoms with Crippen LogP contribution in [0.25, 0.3) is 0 Å². The molecule has 1 heterocycles. The SMILES string of the molecule is O=C(C1=CNCCC1)c1ccc(F)cc1. The molecule has 1 aliphatic heterocycles. The third-order valence-corrected chi connectivity index (χ3v) is 2.44. The van der Waals surface area contributed by atoms with Gasteiger partial charge < -0.3 is 5.32 Å². The zero-order valence-electron chi connectivity index (χ0n) is 8.29. The predicted octanol–water partition coefficient (Wildman–Crippen LogP) is 2.28. The van der Waals surface area contributed by atoms with E-state index in [-0.39, 0.29) is 11.6 Å². The number of hydrogen-bond donors (Lipinski definition) is 1. The van der Waals surface area contributed by atoms with Crippen molar-refractivity contribution < 1.29 is 9.18 Å². The summed E-state index contributed by atoms with van der Waals surface area (Å²) in [6.07, 6.45) is 3.52. The number of Topliss-reactive ketones (excluding diaryl/α,β-unsaturated/α-hetero) is 1. The summed E-state index contributed by atoms with van der Waals surface area (Å²) in [5.74, 6) is -0.329. The molecule has 0 spiro atoms. The van der Waals surface area contributed by atoms with Crippen molar-refractivity contribution in [2.24, 2.45) is 0 Å². The molecule has 0 aliphatic carbocycles. The van der Waals surface area contributed by atoms with Gasteiger partial charge in [0.2, 0.25) is 0 Å². The van der Waals surface area contributed by atoms with Gasteiger partial charge in [0.1, 0.15) is 5.82 Å². The minimum absolute atomic E-state index is 0.0119. The topological polar surface area (TPSA) is 29.1 Å². The normalized spacial score (nSPS) is 15.4. The lowest BCUT2D eigenvalue weighted by molar-refractivity contribution is 0.102. The molecule has 0 saturated carbocycles. The summed E-state index contributed by atoms with van der Waals surface area (Å²) < 4.78 is 12.7. The van der Waals surface area contributed by atoms with Crippen LogP contribution in [-0.4, -0.2) is 12.3 Å². The van der Waals surface area contributed by atoms with Crippen LogP contribution in [0.1, 0.15) is 23.2 Å². The maximum absolute atomic E-state index is 12.7. The summed E-state index contributed by atoms with van der Waals surface area (Å²) in [6, 6.07) is 5.66. The number of hydrogen-bond acceptors (Lipinski definition) is 2. The van der Waals surface area contributed by atoms with Gasteiger partial charge in [-0.2, -0.15) is 0 Å². The van der Waals surface area contributed by atoms with Gasteiger partial charge in [-0.15, -0.1) is 0 Å². The fraction of sp³-hybridized carbons (Fsp3) is 0.250. The van der Waals surface area contributed by atoms with E-state index < -0.39 is 0 Å². The number of halogens is 1. The standard InChI is InChI=1S/C12H12FNO/c13-11-5-3-9(4-6-11)12(15)10-2-1-7-14-8-10/h3-6,8,14H,1-2,7H2. The lowest BCUT2D eigenvalue weighted by Crippen LogP contribution is -2.18. The molecule has 0 saturated heterocycles. The molecule has 1 N–H and O–H groups in total. The van der Waals surface area contributed by atoms with Crippen molar-refractivity contribution >= 4 is 5.78 Å². The van der Waals surface area contributed by atoms with Gasteiger partial charge in [0.25, 0.3) is 0 Å². The van der Waals surface area contributed by atoms with E-state index in [0.717, 1.165) is 25.0 Å². The summed E-state index contributed by atoms with van der Waals surface area (Å²) in [6.45, 7) is 0.917. The molecule has 0 bridgehead atoms. The Labute approximate surface area is 87.8 Å². The molecule has 0 unspecified atom stereocenters. The number of allylic oxidation sites excluding steroid dienone is 1. The van der Waals surface area contributed by atoms with Crippen LogP contribution in [0.3, 0.4) is 0 Å². The largest absolute Gasteiger partial charge is 0.391 e. The Morgan fingerprint density at radius 2 is 2.00 bits per heavy atom. The Morgan fingerprint density at radius 3 is 2.60 bits per heavy atom. The van der Waals surface area contributed by atoms with E-state index in [1.807, 2.05) is 0 Å². The summed E-state index contributed by atoms with van der Waals surface area (Å²) in [5, 5.41) is 3.04. The van der Waals surface area contributed by atoms with Crippen molar-refractivity contribution in [2.75, 3.05) is 6.54 Å². The van der Waals surface area contributed by atoms with Gasteiger partial charge in [-0.1, -0.05) is 0 Å². The van der Waals surface area contributed by atoms with E-state index in [2.05, 4.69) is 5.32 Å². The van der Waals surface area contributed by atoms with Crippen LogP contribution < -0.4 is 5.32 Å². The molecular formula is C12H12FNO. The average Bonchev–Trinajstić information content (AvgIpc) is 2.30. The summed E-state index contributed by atoms with van der Waals surface area (Å²) in [4.78, 5) is 11.9. The molecular weight excluding hydrogens is 193 g/mol. The lowest BCUT2D eigenvalue weighted by Gasteiger charge is -2.12. The first-order chi connectivity index (χ1) is 7.27. The molecule has 2 rings (SSSR count). The van der Waals surface area contributed by atoms with Crippen LogP contribution in [0, 0.1) is 5.82 Å². The van der Waals surface area contributed by atoms with Crippen molar-refractivity contribution in [3.8, 4) is 0 Å². The smallest absolute Gasteiger partial charge is 0.190 e. The van der Waals surface area contributed by atoms with E-state index in [0.29, 0.717) is 5.56 Å². The Balaban J connectivity index is 2.20. The highest BCUT2D eigenvalue weighted by Crippen LogP contribution is 2.15. The highest BCUT2D eigenvalue weighted by molar-refractivity contribution is 6.08. The molecule has 78 valence electrons. The Hall–Kier alpha value is -1.64. The number of carbonyl (C=O) groups is 1. The molecule has 0 aromatic heterocycles. The van der Waals surface area contributed by atoms with Crippen molar-refractivity contribution in [2.45, 2.75) is 12.8 Å². The fourth-order valence-electron chi connectivity index (χ4n) is 1.61. The third-order valence-electron chi connectivity index (χ3n) is 2.44. The molecule has 0 radical (unpaired) electrons. The first kappa shape index (κ1) is 9.90. The maximum atomic E-state index is 12.7. The van der Waals surface area contributed by atoms with Crippen molar-refractivity contribution in [1.82, 2.24) is 5.32 Å². The predicted molar refractivity (Wildman–Crippen MR) is 56.1 cm³/mol. The van der Waals surface area contributed by atoms with E-state index in [1.165, 1.54) is 24.3 Å². The highest BCUT2D eigenvalue weighted by Gasteiger charge is 2.13. The number of ketones is 1. The second kappa shape index (κ2) is 4.26. The molecule has 3 heteroatoms. The molecule has 0 fully saturated rings. The van der Waals surface area contributed by atoms with E-state index in [9.17, 15) is 9.18 Å². The zero-order valence-corrected chi connectivity index (χ0v) is 8.29. The summed E-state index contributed by atoms with van der Waals surface area (Å²) >= 11 is 0. The number of benzene rings is 1. The van der Waals surface area contributed by atoms with Crippen LogP contribution in [0.4, 0.5) is 4.39 Å². The Kier molecular flexibility index (Phi) is 2.81. The van der Waals surface area contributed by atoms with Crippen LogP contribution in [-0.2, 0) is 0 Å². The quantitative estimate of drug-likeness (QED) is 0.750. The van der Waals surface area contributed by atoms with Crippen molar-refractivity contribution in [1.29, 1.82) is 0 Å². The zero-order chi connectivity index (χ0) is 10.7. The fourth-order valence-corrected chi connectivity index (χ4v) is 1.61. The lowest BCUT2D eigenvalue weighted by atomic mass is 9.99. The minimum Gasteiger partial charge on any atom is -0.391 e. The Bertz CT molecular complexity index is 395. The molecule has 0 atom stereocenters. The Morgan fingerprint density at radius 1 is 1.27 bits per heavy atom. The molecule has 1 aliphatic rings. The van der Waals surface area contributed by atoms with E-state index >= 15 is 0 Å². The van der Waals surface area contributed by atoms with Gasteiger partial charge in [0, 0.05) is 23.9 Å². The van der Waals surface area contributed by atoms with Gasteiger partial charge in [0.15, 0.2) is 5.78 Å². The molecule has 0 amide bonds. The second-order valence-corrected chi connectivity index (χ2v) is 3.56. The summed E-state index contributed by atoms with van der Waals surface area (Å²) in [5.41, 5.74) is 1.32. The molecule has 1 aromatic rings.